The quantitative estimate of drug-likeness (QED) is 0.488. The third-order valence-electron chi connectivity index (χ3n) is 1.98. The van der Waals surface area contributed by atoms with E-state index in [1.54, 1.807) is 6.08 Å². The summed E-state index contributed by atoms with van der Waals surface area (Å²) in [6.45, 7) is 5.03. The lowest BCUT2D eigenvalue weighted by molar-refractivity contribution is 0.0983. The summed E-state index contributed by atoms with van der Waals surface area (Å²) in [6.07, 6.45) is 2.31. The summed E-state index contributed by atoms with van der Waals surface area (Å²) < 4.78 is 0.990. The van der Waals surface area contributed by atoms with Crippen LogP contribution in [0, 0.1) is 0 Å². The van der Waals surface area contributed by atoms with Crippen molar-refractivity contribution >= 4 is 21.7 Å². The molecule has 0 radical (unpaired) electrons. The lowest BCUT2D eigenvalue weighted by atomic mass is 10.1. The topological polar surface area (TPSA) is 29.1 Å². The highest BCUT2D eigenvalue weighted by Gasteiger charge is 2.04. The second-order valence-corrected chi connectivity index (χ2v) is 4.09. The molecule has 0 aliphatic rings. The Balaban J connectivity index is 2.40. The second-order valence-electron chi connectivity index (χ2n) is 3.17. The van der Waals surface area contributed by atoms with Crippen LogP contribution in [0.1, 0.15) is 16.8 Å². The molecule has 80 valence electrons. The highest BCUT2D eigenvalue weighted by molar-refractivity contribution is 9.10. The summed E-state index contributed by atoms with van der Waals surface area (Å²) >= 11 is 3.33. The minimum absolute atomic E-state index is 0.166. The molecule has 0 unspecified atom stereocenters. The Bertz CT molecular complexity index is 332. The van der Waals surface area contributed by atoms with Gasteiger partial charge >= 0.3 is 0 Å². The normalized spacial score (nSPS) is 9.93. The van der Waals surface area contributed by atoms with Gasteiger partial charge in [0.25, 0.3) is 0 Å². The third kappa shape index (κ3) is 4.40. The van der Waals surface area contributed by atoms with Gasteiger partial charge < -0.3 is 5.32 Å². The van der Waals surface area contributed by atoms with Crippen LogP contribution in [0.5, 0.6) is 0 Å². The first kappa shape index (κ1) is 12.1. The molecule has 0 spiro atoms. The molecule has 0 saturated heterocycles. The van der Waals surface area contributed by atoms with Crippen LogP contribution in [0.4, 0.5) is 0 Å². The summed E-state index contributed by atoms with van der Waals surface area (Å²) in [4.78, 5) is 11.6. The summed E-state index contributed by atoms with van der Waals surface area (Å²) in [5, 5.41) is 3.10. The number of Topliss-reactive ketones (excluding diaryl/α,β-unsaturated/α-hetero) is 1. The zero-order valence-electron chi connectivity index (χ0n) is 8.50. The fourth-order valence-electron chi connectivity index (χ4n) is 1.19. The summed E-state index contributed by atoms with van der Waals surface area (Å²) in [5.41, 5.74) is 0.763. The number of hydrogen-bond donors (Lipinski definition) is 1. The summed E-state index contributed by atoms with van der Waals surface area (Å²) in [5.74, 6) is 0.166. The number of rotatable bonds is 6. The van der Waals surface area contributed by atoms with E-state index in [0.29, 0.717) is 13.0 Å². The van der Waals surface area contributed by atoms with Crippen LogP contribution in [0.15, 0.2) is 41.4 Å². The number of ketones is 1. The molecule has 0 bridgehead atoms. The van der Waals surface area contributed by atoms with E-state index < -0.39 is 0 Å². The molecule has 0 amide bonds. The van der Waals surface area contributed by atoms with Crippen molar-refractivity contribution in [2.45, 2.75) is 6.42 Å². The number of halogens is 1. The predicted octanol–water partition coefficient (Wildman–Crippen LogP) is 2.80. The zero-order chi connectivity index (χ0) is 11.1. The lowest BCUT2D eigenvalue weighted by Crippen LogP contribution is -2.18. The van der Waals surface area contributed by atoms with E-state index in [4.69, 9.17) is 0 Å². The van der Waals surface area contributed by atoms with Gasteiger partial charge in [-0.3, -0.25) is 4.79 Å². The molecule has 1 rings (SSSR count). The first-order valence-electron chi connectivity index (χ1n) is 4.84. The molecule has 0 saturated carbocycles. The van der Waals surface area contributed by atoms with Crippen molar-refractivity contribution in [3.8, 4) is 0 Å². The summed E-state index contributed by atoms with van der Waals surface area (Å²) in [7, 11) is 0. The van der Waals surface area contributed by atoms with Gasteiger partial charge in [-0.1, -0.05) is 34.1 Å². The Labute approximate surface area is 98.5 Å². The Morgan fingerprint density at radius 3 is 2.67 bits per heavy atom. The highest BCUT2D eigenvalue weighted by atomic mass is 79.9. The van der Waals surface area contributed by atoms with Crippen LogP contribution in [0.25, 0.3) is 0 Å². The Morgan fingerprint density at radius 1 is 1.40 bits per heavy atom. The van der Waals surface area contributed by atoms with Gasteiger partial charge in [-0.25, -0.2) is 0 Å². The van der Waals surface area contributed by atoms with Gasteiger partial charge in [0, 0.05) is 29.5 Å². The third-order valence-corrected chi connectivity index (χ3v) is 2.51. The number of carbonyl (C=O) groups excluding carboxylic acids is 1. The summed E-state index contributed by atoms with van der Waals surface area (Å²) in [6, 6.07) is 7.43. The fourth-order valence-corrected chi connectivity index (χ4v) is 1.45. The van der Waals surface area contributed by atoms with Gasteiger partial charge in [-0.05, 0) is 12.1 Å². The molecule has 2 nitrogen and oxygen atoms in total. The van der Waals surface area contributed by atoms with E-state index in [0.717, 1.165) is 16.6 Å². The highest BCUT2D eigenvalue weighted by Crippen LogP contribution is 2.11. The molecule has 3 heteroatoms. The maximum absolute atomic E-state index is 11.6. The maximum atomic E-state index is 11.6. The van der Waals surface area contributed by atoms with Crippen molar-refractivity contribution in [1.82, 2.24) is 5.32 Å². The molecular weight excluding hydrogens is 254 g/mol. The SMILES string of the molecule is C=CCNCCC(=O)c1ccc(Br)cc1. The van der Waals surface area contributed by atoms with Crippen molar-refractivity contribution in [3.05, 3.63) is 47.0 Å². The first-order chi connectivity index (χ1) is 7.24. The fraction of sp³-hybridized carbons (Fsp3) is 0.250. The van der Waals surface area contributed by atoms with Gasteiger partial charge in [0.05, 0.1) is 0 Å². The van der Waals surface area contributed by atoms with E-state index in [9.17, 15) is 4.79 Å². The Kier molecular flexibility index (Phi) is 5.29. The minimum Gasteiger partial charge on any atom is -0.313 e. The average molecular weight is 268 g/mol. The smallest absolute Gasteiger partial charge is 0.164 e. The molecular formula is C12H14BrNO. The Hall–Kier alpha value is -0.930. The maximum Gasteiger partial charge on any atom is 0.164 e. The molecule has 0 aliphatic carbocycles. The van der Waals surface area contributed by atoms with Crippen LogP contribution in [-0.4, -0.2) is 18.9 Å². The minimum atomic E-state index is 0.166. The lowest BCUT2D eigenvalue weighted by Gasteiger charge is -2.02. The van der Waals surface area contributed by atoms with Crippen molar-refractivity contribution in [1.29, 1.82) is 0 Å². The van der Waals surface area contributed by atoms with E-state index in [1.165, 1.54) is 0 Å². The molecule has 0 heterocycles. The monoisotopic (exact) mass is 267 g/mol. The zero-order valence-corrected chi connectivity index (χ0v) is 10.1. The van der Waals surface area contributed by atoms with Crippen molar-refractivity contribution < 1.29 is 4.79 Å². The van der Waals surface area contributed by atoms with Crippen LogP contribution in [0.3, 0.4) is 0 Å². The average Bonchev–Trinajstić information content (AvgIpc) is 2.25. The predicted molar refractivity (Wildman–Crippen MR) is 66.2 cm³/mol. The second kappa shape index (κ2) is 6.53. The number of hydrogen-bond acceptors (Lipinski definition) is 2. The number of carbonyl (C=O) groups is 1. The molecule has 15 heavy (non-hydrogen) atoms. The van der Waals surface area contributed by atoms with E-state index >= 15 is 0 Å². The van der Waals surface area contributed by atoms with Gasteiger partial charge in [0.15, 0.2) is 5.78 Å². The molecule has 0 aromatic heterocycles. The van der Waals surface area contributed by atoms with E-state index in [1.807, 2.05) is 24.3 Å². The molecule has 1 aromatic rings. The molecule has 1 aromatic carbocycles. The van der Waals surface area contributed by atoms with E-state index in [2.05, 4.69) is 27.8 Å². The van der Waals surface area contributed by atoms with Crippen LogP contribution in [0.2, 0.25) is 0 Å². The van der Waals surface area contributed by atoms with Crippen LogP contribution >= 0.6 is 15.9 Å². The largest absolute Gasteiger partial charge is 0.313 e. The van der Waals surface area contributed by atoms with Crippen molar-refractivity contribution in [3.63, 3.8) is 0 Å². The standard InChI is InChI=1S/C12H14BrNO/c1-2-8-14-9-7-12(15)10-3-5-11(13)6-4-10/h2-6,14H,1,7-9H2. The molecule has 0 atom stereocenters. The number of nitrogens with one attached hydrogen (secondary N) is 1. The first-order valence-corrected chi connectivity index (χ1v) is 5.63. The molecule has 0 fully saturated rings. The van der Waals surface area contributed by atoms with Crippen LogP contribution < -0.4 is 5.32 Å². The van der Waals surface area contributed by atoms with Crippen molar-refractivity contribution in [2.75, 3.05) is 13.1 Å². The van der Waals surface area contributed by atoms with Crippen LogP contribution in [-0.2, 0) is 0 Å². The van der Waals surface area contributed by atoms with Crippen molar-refractivity contribution in [2.24, 2.45) is 0 Å². The molecule has 1 N–H and O–H groups in total. The number of benzene rings is 1. The van der Waals surface area contributed by atoms with Gasteiger partial charge in [-0.15, -0.1) is 6.58 Å². The van der Waals surface area contributed by atoms with E-state index in [-0.39, 0.29) is 5.78 Å². The van der Waals surface area contributed by atoms with Gasteiger partial charge in [0.1, 0.15) is 0 Å². The Morgan fingerprint density at radius 2 is 2.07 bits per heavy atom. The van der Waals surface area contributed by atoms with Gasteiger partial charge in [0.2, 0.25) is 0 Å². The van der Waals surface area contributed by atoms with Gasteiger partial charge in [-0.2, -0.15) is 0 Å². The molecule has 0 aliphatic heterocycles.